The Morgan fingerprint density at radius 2 is 2.27 bits per heavy atom. The van der Waals surface area contributed by atoms with E-state index in [1.165, 1.54) is 6.08 Å². The lowest BCUT2D eigenvalue weighted by molar-refractivity contribution is -0.152. The maximum atomic E-state index is 12.5. The second-order valence-corrected chi connectivity index (χ2v) is 6.89. The lowest BCUT2D eigenvalue weighted by Crippen LogP contribution is -2.57. The molecule has 0 radical (unpaired) electrons. The number of cyclic esters (lactones) is 1. The molecule has 0 bridgehead atoms. The molecule has 1 amide bonds. The third-order valence-corrected chi connectivity index (χ3v) is 3.95. The summed E-state index contributed by atoms with van der Waals surface area (Å²) in [5.74, 6) is -0.364. The van der Waals surface area contributed by atoms with Crippen LogP contribution in [0, 0.1) is 0 Å². The van der Waals surface area contributed by atoms with Crippen LogP contribution in [-0.2, 0) is 14.3 Å². The fourth-order valence-electron chi connectivity index (χ4n) is 3.09. The van der Waals surface area contributed by atoms with Crippen LogP contribution in [0.15, 0.2) is 24.8 Å². The third-order valence-electron chi connectivity index (χ3n) is 3.95. The van der Waals surface area contributed by atoms with Crippen LogP contribution in [0.5, 0.6) is 0 Å². The number of esters is 1. The molecule has 2 rings (SSSR count). The Balaban J connectivity index is 2.25. The number of nitrogens with zero attached hydrogens (tertiary/aromatic N) is 1. The monoisotopic (exact) mass is 307 g/mol. The average molecular weight is 307 g/mol. The molecular weight excluding hydrogens is 282 g/mol. The van der Waals surface area contributed by atoms with Gasteiger partial charge in [0.15, 0.2) is 5.60 Å². The van der Waals surface area contributed by atoms with Crippen molar-refractivity contribution in [1.29, 1.82) is 0 Å². The van der Waals surface area contributed by atoms with Crippen LogP contribution in [0.2, 0.25) is 0 Å². The second-order valence-electron chi connectivity index (χ2n) is 6.89. The van der Waals surface area contributed by atoms with Crippen molar-refractivity contribution in [3.05, 3.63) is 24.8 Å². The molecule has 1 saturated heterocycles. The Morgan fingerprint density at radius 3 is 2.82 bits per heavy atom. The normalized spacial score (nSPS) is 28.4. The zero-order valence-corrected chi connectivity index (χ0v) is 13.6. The first-order chi connectivity index (χ1) is 10.3. The highest BCUT2D eigenvalue weighted by Gasteiger charge is 2.48. The molecule has 0 unspecified atom stereocenters. The molecule has 0 aliphatic carbocycles. The zero-order chi connectivity index (χ0) is 16.4. The van der Waals surface area contributed by atoms with Gasteiger partial charge in [0, 0.05) is 19.0 Å². The fourth-order valence-corrected chi connectivity index (χ4v) is 3.09. The maximum Gasteiger partial charge on any atom is 0.410 e. The third kappa shape index (κ3) is 3.51. The SMILES string of the molecule is C=CC[C@@]1([C@H]2CCCCN2C(=O)OC(C)(C)C)C=CC(=O)O1. The zero-order valence-electron chi connectivity index (χ0n) is 13.6. The topological polar surface area (TPSA) is 55.8 Å². The number of ether oxygens (including phenoxy) is 2. The Kier molecular flexibility index (Phi) is 4.63. The molecule has 1 fully saturated rings. The van der Waals surface area contributed by atoms with Gasteiger partial charge in [-0.15, -0.1) is 6.58 Å². The van der Waals surface area contributed by atoms with E-state index in [-0.39, 0.29) is 18.1 Å². The first-order valence-corrected chi connectivity index (χ1v) is 7.80. The van der Waals surface area contributed by atoms with Gasteiger partial charge in [-0.2, -0.15) is 0 Å². The van der Waals surface area contributed by atoms with Crippen molar-refractivity contribution in [1.82, 2.24) is 4.90 Å². The number of likely N-dealkylation sites (tertiary alicyclic amines) is 1. The number of hydrogen-bond acceptors (Lipinski definition) is 4. The number of carbonyl (C=O) groups excluding carboxylic acids is 2. The minimum Gasteiger partial charge on any atom is -0.449 e. The molecule has 0 spiro atoms. The molecule has 0 aromatic heterocycles. The van der Waals surface area contributed by atoms with E-state index in [0.717, 1.165) is 19.3 Å². The van der Waals surface area contributed by atoms with Gasteiger partial charge < -0.3 is 14.4 Å². The van der Waals surface area contributed by atoms with Gasteiger partial charge in [0.25, 0.3) is 0 Å². The van der Waals surface area contributed by atoms with Gasteiger partial charge in [0.1, 0.15) is 5.60 Å². The van der Waals surface area contributed by atoms with E-state index >= 15 is 0 Å². The number of amides is 1. The Bertz CT molecular complexity index is 491. The number of hydrogen-bond donors (Lipinski definition) is 0. The van der Waals surface area contributed by atoms with Crippen LogP contribution in [0.4, 0.5) is 4.79 Å². The summed E-state index contributed by atoms with van der Waals surface area (Å²) in [7, 11) is 0. The molecule has 0 aromatic carbocycles. The van der Waals surface area contributed by atoms with Crippen molar-refractivity contribution >= 4 is 12.1 Å². The number of rotatable bonds is 3. The van der Waals surface area contributed by atoms with Gasteiger partial charge in [0.2, 0.25) is 0 Å². The Morgan fingerprint density at radius 1 is 1.55 bits per heavy atom. The Hall–Kier alpha value is -1.78. The van der Waals surface area contributed by atoms with Crippen molar-refractivity contribution < 1.29 is 19.1 Å². The van der Waals surface area contributed by atoms with Crippen LogP contribution in [0.1, 0.15) is 46.5 Å². The molecule has 2 aliphatic rings. The molecule has 122 valence electrons. The fraction of sp³-hybridized carbons (Fsp3) is 0.647. The van der Waals surface area contributed by atoms with Gasteiger partial charge in [-0.3, -0.25) is 0 Å². The van der Waals surface area contributed by atoms with Crippen LogP contribution in [0.3, 0.4) is 0 Å². The summed E-state index contributed by atoms with van der Waals surface area (Å²) in [6, 6.07) is -0.211. The van der Waals surface area contributed by atoms with Crippen molar-refractivity contribution in [3.8, 4) is 0 Å². The summed E-state index contributed by atoms with van der Waals surface area (Å²) < 4.78 is 11.1. The van der Waals surface area contributed by atoms with Crippen LogP contribution >= 0.6 is 0 Å². The Labute approximate surface area is 131 Å². The van der Waals surface area contributed by atoms with Crippen molar-refractivity contribution in [2.75, 3.05) is 6.54 Å². The minimum absolute atomic E-state index is 0.211. The minimum atomic E-state index is -0.809. The van der Waals surface area contributed by atoms with Crippen molar-refractivity contribution in [2.45, 2.75) is 63.7 Å². The molecule has 0 saturated carbocycles. The highest BCUT2D eigenvalue weighted by atomic mass is 16.6. The van der Waals surface area contributed by atoms with E-state index in [4.69, 9.17) is 9.47 Å². The lowest BCUT2D eigenvalue weighted by atomic mass is 9.84. The second kappa shape index (κ2) is 6.15. The van der Waals surface area contributed by atoms with Gasteiger partial charge in [-0.25, -0.2) is 9.59 Å². The van der Waals surface area contributed by atoms with E-state index in [1.807, 2.05) is 20.8 Å². The summed E-state index contributed by atoms with van der Waals surface area (Å²) in [4.78, 5) is 25.8. The lowest BCUT2D eigenvalue weighted by Gasteiger charge is -2.44. The van der Waals surface area contributed by atoms with Gasteiger partial charge in [-0.05, 0) is 46.1 Å². The van der Waals surface area contributed by atoms with Crippen LogP contribution in [-0.4, -0.2) is 40.8 Å². The predicted molar refractivity (Wildman–Crippen MR) is 83.4 cm³/mol. The summed E-state index contributed by atoms with van der Waals surface area (Å²) in [6.45, 7) is 9.91. The average Bonchev–Trinajstić information content (AvgIpc) is 2.80. The largest absolute Gasteiger partial charge is 0.449 e. The summed E-state index contributed by atoms with van der Waals surface area (Å²) in [6.07, 6.45) is 7.77. The van der Waals surface area contributed by atoms with Crippen molar-refractivity contribution in [2.24, 2.45) is 0 Å². The number of piperidine rings is 1. The smallest absolute Gasteiger partial charge is 0.410 e. The molecule has 0 N–H and O–H groups in total. The summed E-state index contributed by atoms with van der Waals surface area (Å²) >= 11 is 0. The quantitative estimate of drug-likeness (QED) is 0.593. The standard InChI is InChI=1S/C17H25NO4/c1-5-10-17(11-9-14(19)21-17)13-8-6-7-12-18(13)15(20)22-16(2,3)4/h5,9,11,13H,1,6-8,10,12H2,2-4H3/t13-,17+/m1/s1. The molecule has 22 heavy (non-hydrogen) atoms. The van der Waals surface area contributed by atoms with E-state index in [9.17, 15) is 9.59 Å². The van der Waals surface area contributed by atoms with E-state index < -0.39 is 11.2 Å². The first-order valence-electron chi connectivity index (χ1n) is 7.80. The van der Waals surface area contributed by atoms with Gasteiger partial charge >= 0.3 is 12.1 Å². The van der Waals surface area contributed by atoms with Gasteiger partial charge in [0.05, 0.1) is 6.04 Å². The van der Waals surface area contributed by atoms with Crippen molar-refractivity contribution in [3.63, 3.8) is 0 Å². The molecule has 5 heteroatoms. The summed E-state index contributed by atoms with van der Waals surface area (Å²) in [5.41, 5.74) is -1.36. The predicted octanol–water partition coefficient (Wildman–Crippen LogP) is 3.20. The highest BCUT2D eigenvalue weighted by molar-refractivity contribution is 5.85. The molecule has 2 aliphatic heterocycles. The number of carbonyl (C=O) groups is 2. The summed E-state index contributed by atoms with van der Waals surface area (Å²) in [5, 5.41) is 0. The van der Waals surface area contributed by atoms with Gasteiger partial charge in [-0.1, -0.05) is 6.08 Å². The van der Waals surface area contributed by atoms with E-state index in [0.29, 0.717) is 13.0 Å². The van der Waals surface area contributed by atoms with E-state index in [1.54, 1.807) is 17.1 Å². The maximum absolute atomic E-state index is 12.5. The molecule has 0 aromatic rings. The molecule has 2 atom stereocenters. The molecular formula is C17H25NO4. The highest BCUT2D eigenvalue weighted by Crippen LogP contribution is 2.37. The first kappa shape index (κ1) is 16.6. The molecule has 5 nitrogen and oxygen atoms in total. The van der Waals surface area contributed by atoms with E-state index in [2.05, 4.69) is 6.58 Å². The van der Waals surface area contributed by atoms with Crippen LogP contribution < -0.4 is 0 Å². The van der Waals surface area contributed by atoms with Crippen LogP contribution in [0.25, 0.3) is 0 Å². The molecule has 2 heterocycles.